The molecule has 1 aromatic heterocycles. The standard InChI is InChI=1S/C26H29NO5/c1-7-14-31-26(29)21-10-13-24-23(15-21)16(2)17(3)27(24)18(4)20-8-11-22(12-9-20)32-19(5)25(28)30-6/h7-13,15,18-19H,1,14H2,2-6H3. The number of aromatic nitrogens is 1. The van der Waals surface area contributed by atoms with E-state index < -0.39 is 12.1 Å². The summed E-state index contributed by atoms with van der Waals surface area (Å²) in [6.45, 7) is 11.7. The molecule has 0 saturated heterocycles. The zero-order valence-electron chi connectivity index (χ0n) is 19.2. The largest absolute Gasteiger partial charge is 0.479 e. The zero-order valence-corrected chi connectivity index (χ0v) is 19.2. The van der Waals surface area contributed by atoms with Crippen LogP contribution < -0.4 is 4.74 Å². The fourth-order valence-corrected chi connectivity index (χ4v) is 3.84. The van der Waals surface area contributed by atoms with E-state index in [9.17, 15) is 9.59 Å². The van der Waals surface area contributed by atoms with Crippen molar-refractivity contribution >= 4 is 22.8 Å². The molecule has 3 aromatic rings. The highest BCUT2D eigenvalue weighted by atomic mass is 16.6. The molecule has 0 amide bonds. The van der Waals surface area contributed by atoms with Crippen LogP contribution >= 0.6 is 0 Å². The van der Waals surface area contributed by atoms with Gasteiger partial charge in [-0.15, -0.1) is 0 Å². The van der Waals surface area contributed by atoms with Crippen LogP contribution in [0, 0.1) is 13.8 Å². The zero-order chi connectivity index (χ0) is 23.4. The lowest BCUT2D eigenvalue weighted by atomic mass is 10.1. The SMILES string of the molecule is C=CCOC(=O)c1ccc2c(c1)c(C)c(C)n2C(C)c1ccc(OC(C)C(=O)OC)cc1. The topological polar surface area (TPSA) is 66.8 Å². The van der Waals surface area contributed by atoms with Gasteiger partial charge in [0.2, 0.25) is 0 Å². The van der Waals surface area contributed by atoms with Crippen molar-refractivity contribution in [1.29, 1.82) is 0 Å². The minimum Gasteiger partial charge on any atom is -0.479 e. The van der Waals surface area contributed by atoms with Crippen LogP contribution in [0.15, 0.2) is 55.1 Å². The van der Waals surface area contributed by atoms with Crippen LogP contribution in [0.4, 0.5) is 0 Å². The van der Waals surface area contributed by atoms with Gasteiger partial charge in [0, 0.05) is 16.6 Å². The first-order chi connectivity index (χ1) is 15.3. The van der Waals surface area contributed by atoms with Gasteiger partial charge < -0.3 is 18.8 Å². The Morgan fingerprint density at radius 3 is 2.41 bits per heavy atom. The van der Waals surface area contributed by atoms with Gasteiger partial charge >= 0.3 is 11.9 Å². The predicted molar refractivity (Wildman–Crippen MR) is 124 cm³/mol. The highest BCUT2D eigenvalue weighted by Crippen LogP contribution is 2.32. The third-order valence-corrected chi connectivity index (χ3v) is 5.73. The van der Waals surface area contributed by atoms with Gasteiger partial charge in [-0.05, 0) is 69.2 Å². The maximum Gasteiger partial charge on any atom is 0.346 e. The fourth-order valence-electron chi connectivity index (χ4n) is 3.84. The van der Waals surface area contributed by atoms with Gasteiger partial charge in [0.05, 0.1) is 18.7 Å². The Labute approximate surface area is 188 Å². The summed E-state index contributed by atoms with van der Waals surface area (Å²) in [5, 5.41) is 1.02. The molecule has 2 atom stereocenters. The van der Waals surface area contributed by atoms with Crippen molar-refractivity contribution in [3.05, 3.63) is 77.5 Å². The number of hydrogen-bond donors (Lipinski definition) is 0. The number of nitrogens with zero attached hydrogens (tertiary/aromatic N) is 1. The molecule has 6 nitrogen and oxygen atoms in total. The first kappa shape index (κ1) is 23.1. The lowest BCUT2D eigenvalue weighted by Gasteiger charge is -2.19. The quantitative estimate of drug-likeness (QED) is 0.362. The first-order valence-electron chi connectivity index (χ1n) is 10.5. The van der Waals surface area contributed by atoms with Gasteiger partial charge in [-0.3, -0.25) is 0 Å². The second-order valence-electron chi connectivity index (χ2n) is 7.73. The number of esters is 2. The third-order valence-electron chi connectivity index (χ3n) is 5.73. The number of hydrogen-bond acceptors (Lipinski definition) is 5. The van der Waals surface area contributed by atoms with Crippen molar-refractivity contribution in [3.8, 4) is 5.75 Å². The van der Waals surface area contributed by atoms with E-state index in [-0.39, 0.29) is 18.6 Å². The number of aryl methyl sites for hydroxylation is 1. The van der Waals surface area contributed by atoms with E-state index in [0.717, 1.165) is 27.7 Å². The molecule has 0 fully saturated rings. The van der Waals surface area contributed by atoms with E-state index in [2.05, 4.69) is 31.9 Å². The van der Waals surface area contributed by atoms with Gasteiger partial charge in [0.15, 0.2) is 6.10 Å². The molecule has 32 heavy (non-hydrogen) atoms. The normalized spacial score (nSPS) is 12.8. The summed E-state index contributed by atoms with van der Waals surface area (Å²) in [4.78, 5) is 23.8. The van der Waals surface area contributed by atoms with Crippen LogP contribution in [0.5, 0.6) is 5.75 Å². The molecule has 168 valence electrons. The van der Waals surface area contributed by atoms with Gasteiger partial charge in [-0.2, -0.15) is 0 Å². The van der Waals surface area contributed by atoms with Crippen LogP contribution in [0.2, 0.25) is 0 Å². The summed E-state index contributed by atoms with van der Waals surface area (Å²) in [7, 11) is 1.34. The van der Waals surface area contributed by atoms with Crippen LogP contribution in [0.25, 0.3) is 10.9 Å². The van der Waals surface area contributed by atoms with Gasteiger partial charge in [0.25, 0.3) is 0 Å². The minimum atomic E-state index is -0.672. The predicted octanol–water partition coefficient (Wildman–Crippen LogP) is 5.15. The Kier molecular flexibility index (Phi) is 7.03. The highest BCUT2D eigenvalue weighted by Gasteiger charge is 2.19. The van der Waals surface area contributed by atoms with E-state index in [0.29, 0.717) is 11.3 Å². The highest BCUT2D eigenvalue weighted by molar-refractivity contribution is 5.96. The number of rotatable bonds is 8. The fraction of sp³-hybridized carbons (Fsp3) is 0.308. The number of fused-ring (bicyclic) bond motifs is 1. The van der Waals surface area contributed by atoms with Crippen molar-refractivity contribution < 1.29 is 23.8 Å². The lowest BCUT2D eigenvalue weighted by molar-refractivity contribution is -0.147. The van der Waals surface area contributed by atoms with Crippen molar-refractivity contribution in [1.82, 2.24) is 4.57 Å². The Hall–Kier alpha value is -3.54. The average Bonchev–Trinajstić information content (AvgIpc) is 3.06. The summed E-state index contributed by atoms with van der Waals surface area (Å²) >= 11 is 0. The van der Waals surface area contributed by atoms with E-state index in [1.54, 1.807) is 19.1 Å². The molecule has 0 radical (unpaired) electrons. The number of benzene rings is 2. The van der Waals surface area contributed by atoms with Gasteiger partial charge in [0.1, 0.15) is 12.4 Å². The van der Waals surface area contributed by atoms with Crippen molar-refractivity contribution in [2.24, 2.45) is 0 Å². The average molecular weight is 436 g/mol. The Morgan fingerprint density at radius 2 is 1.78 bits per heavy atom. The molecule has 3 rings (SSSR count). The molecule has 0 aliphatic carbocycles. The van der Waals surface area contributed by atoms with Crippen LogP contribution in [-0.4, -0.2) is 36.3 Å². The number of methoxy groups -OCH3 is 1. The monoisotopic (exact) mass is 435 g/mol. The Morgan fingerprint density at radius 1 is 1.09 bits per heavy atom. The molecule has 0 aliphatic rings. The summed E-state index contributed by atoms with van der Waals surface area (Å²) in [5.74, 6) is -0.173. The molecule has 2 aromatic carbocycles. The molecule has 6 heteroatoms. The van der Waals surface area contributed by atoms with Crippen molar-refractivity contribution in [3.63, 3.8) is 0 Å². The second kappa shape index (κ2) is 9.73. The molecule has 0 N–H and O–H groups in total. The molecule has 0 spiro atoms. The van der Waals surface area contributed by atoms with E-state index in [4.69, 9.17) is 14.2 Å². The van der Waals surface area contributed by atoms with Crippen LogP contribution in [0.1, 0.15) is 47.1 Å². The molecule has 0 bridgehead atoms. The molecular formula is C26H29NO5. The molecule has 0 aliphatic heterocycles. The number of carbonyl (C=O) groups is 2. The summed E-state index contributed by atoms with van der Waals surface area (Å²) in [6.07, 6.45) is 0.880. The molecule has 1 heterocycles. The Balaban J connectivity index is 1.90. The maximum absolute atomic E-state index is 12.3. The van der Waals surface area contributed by atoms with Gasteiger partial charge in [-0.25, -0.2) is 9.59 Å². The minimum absolute atomic E-state index is 0.0526. The summed E-state index contributed by atoms with van der Waals surface area (Å²) < 4.78 is 17.8. The maximum atomic E-state index is 12.3. The molecular weight excluding hydrogens is 406 g/mol. The third kappa shape index (κ3) is 4.54. The second-order valence-corrected chi connectivity index (χ2v) is 7.73. The van der Waals surface area contributed by atoms with E-state index in [1.165, 1.54) is 7.11 Å². The molecule has 0 saturated carbocycles. The summed E-state index contributed by atoms with van der Waals surface area (Å²) in [5.41, 5.74) is 4.92. The number of carbonyl (C=O) groups excluding carboxylic acids is 2. The lowest BCUT2D eigenvalue weighted by Crippen LogP contribution is -2.24. The molecule has 2 unspecified atom stereocenters. The summed E-state index contributed by atoms with van der Waals surface area (Å²) in [6, 6.07) is 13.4. The first-order valence-corrected chi connectivity index (χ1v) is 10.5. The smallest absolute Gasteiger partial charge is 0.346 e. The van der Waals surface area contributed by atoms with Crippen LogP contribution in [-0.2, 0) is 14.3 Å². The number of ether oxygens (including phenoxy) is 3. The van der Waals surface area contributed by atoms with Crippen LogP contribution in [0.3, 0.4) is 0 Å². The van der Waals surface area contributed by atoms with E-state index in [1.807, 2.05) is 36.4 Å². The van der Waals surface area contributed by atoms with E-state index >= 15 is 0 Å². The Bertz CT molecular complexity index is 1140. The van der Waals surface area contributed by atoms with Crippen molar-refractivity contribution in [2.45, 2.75) is 39.8 Å². The van der Waals surface area contributed by atoms with Crippen molar-refractivity contribution in [2.75, 3.05) is 13.7 Å². The van der Waals surface area contributed by atoms with Gasteiger partial charge in [-0.1, -0.05) is 24.8 Å².